The summed E-state index contributed by atoms with van der Waals surface area (Å²) >= 11 is 2.11. The Morgan fingerprint density at radius 3 is 2.84 bits per heavy atom. The van der Waals surface area contributed by atoms with Gasteiger partial charge in [-0.05, 0) is 53.3 Å². The van der Waals surface area contributed by atoms with Gasteiger partial charge in [0.1, 0.15) is 11.6 Å². The number of halogens is 2. The predicted octanol–water partition coefficient (Wildman–Crippen LogP) is 4.39. The zero-order valence-corrected chi connectivity index (χ0v) is 12.7. The Bertz CT molecular complexity index is 560. The fraction of sp³-hybridized carbons (Fsp3) is 0.214. The van der Waals surface area contributed by atoms with Crippen molar-refractivity contribution in [2.45, 2.75) is 13.3 Å². The fourth-order valence-electron chi connectivity index (χ4n) is 1.60. The van der Waals surface area contributed by atoms with Gasteiger partial charge < -0.3 is 10.6 Å². The summed E-state index contributed by atoms with van der Waals surface area (Å²) in [5.74, 6) is 0.610. The lowest BCUT2D eigenvalue weighted by atomic mass is 10.3. The lowest BCUT2D eigenvalue weighted by Gasteiger charge is -2.10. The first-order valence-electron chi connectivity index (χ1n) is 6.11. The van der Waals surface area contributed by atoms with Crippen molar-refractivity contribution >= 4 is 39.8 Å². The number of hydrogen-bond acceptors (Lipinski definition) is 3. The van der Waals surface area contributed by atoms with Crippen LogP contribution in [-0.2, 0) is 0 Å². The molecule has 1 aromatic heterocycles. The lowest BCUT2D eigenvalue weighted by Crippen LogP contribution is -2.02. The molecule has 0 saturated carbocycles. The van der Waals surface area contributed by atoms with Gasteiger partial charge >= 0.3 is 0 Å². The van der Waals surface area contributed by atoms with Crippen LogP contribution in [0.3, 0.4) is 0 Å². The van der Waals surface area contributed by atoms with E-state index in [1.165, 1.54) is 12.1 Å². The molecular formula is C14H15FIN3. The highest BCUT2D eigenvalue weighted by atomic mass is 127. The van der Waals surface area contributed by atoms with Gasteiger partial charge in [-0.3, -0.25) is 0 Å². The van der Waals surface area contributed by atoms with E-state index >= 15 is 0 Å². The van der Waals surface area contributed by atoms with E-state index in [9.17, 15) is 4.39 Å². The maximum atomic E-state index is 13.0. The molecule has 0 atom stereocenters. The summed E-state index contributed by atoms with van der Waals surface area (Å²) in [6.45, 7) is 3.00. The minimum Gasteiger partial charge on any atom is -0.370 e. The minimum absolute atomic E-state index is 0.227. The van der Waals surface area contributed by atoms with Crippen molar-refractivity contribution in [3.8, 4) is 0 Å². The number of hydrogen-bond donors (Lipinski definition) is 2. The summed E-state index contributed by atoms with van der Waals surface area (Å²) in [6.07, 6.45) is 2.80. The molecule has 0 radical (unpaired) electrons. The first kappa shape index (κ1) is 14.0. The topological polar surface area (TPSA) is 37.0 Å². The fourth-order valence-corrected chi connectivity index (χ4v) is 2.22. The van der Waals surface area contributed by atoms with Gasteiger partial charge in [-0.15, -0.1) is 0 Å². The van der Waals surface area contributed by atoms with Gasteiger partial charge in [0, 0.05) is 28.1 Å². The van der Waals surface area contributed by atoms with Crippen molar-refractivity contribution < 1.29 is 4.39 Å². The SMILES string of the molecule is CCCNc1cc(Nc2ccc(F)cc2I)ccn1. The zero-order chi connectivity index (χ0) is 13.7. The molecule has 5 heteroatoms. The second kappa shape index (κ2) is 6.70. The zero-order valence-electron chi connectivity index (χ0n) is 10.6. The van der Waals surface area contributed by atoms with Gasteiger partial charge in [0.2, 0.25) is 0 Å². The van der Waals surface area contributed by atoms with Crippen molar-refractivity contribution in [3.05, 3.63) is 45.9 Å². The Hall–Kier alpha value is -1.37. The van der Waals surface area contributed by atoms with E-state index < -0.39 is 0 Å². The molecule has 0 aliphatic heterocycles. The molecule has 0 unspecified atom stereocenters. The molecule has 1 heterocycles. The molecule has 2 N–H and O–H groups in total. The summed E-state index contributed by atoms with van der Waals surface area (Å²) in [5, 5.41) is 6.49. The summed E-state index contributed by atoms with van der Waals surface area (Å²) in [7, 11) is 0. The normalized spacial score (nSPS) is 10.3. The molecule has 0 fully saturated rings. The summed E-state index contributed by atoms with van der Waals surface area (Å²) in [4.78, 5) is 4.24. The Morgan fingerprint density at radius 1 is 1.26 bits per heavy atom. The number of pyridine rings is 1. The van der Waals surface area contributed by atoms with Crippen LogP contribution in [0.1, 0.15) is 13.3 Å². The van der Waals surface area contributed by atoms with Gasteiger partial charge in [-0.1, -0.05) is 6.92 Å². The molecule has 3 nitrogen and oxygen atoms in total. The third-order valence-corrected chi connectivity index (χ3v) is 3.42. The third kappa shape index (κ3) is 4.05. The number of benzene rings is 1. The molecule has 0 spiro atoms. The smallest absolute Gasteiger partial charge is 0.127 e. The van der Waals surface area contributed by atoms with E-state index in [1.54, 1.807) is 12.3 Å². The monoisotopic (exact) mass is 371 g/mol. The van der Waals surface area contributed by atoms with Crippen LogP contribution in [0.4, 0.5) is 21.6 Å². The Balaban J connectivity index is 2.14. The molecule has 0 bridgehead atoms. The number of rotatable bonds is 5. The van der Waals surface area contributed by atoms with Crippen LogP contribution in [0, 0.1) is 9.39 Å². The van der Waals surface area contributed by atoms with Gasteiger partial charge in [-0.25, -0.2) is 9.37 Å². The van der Waals surface area contributed by atoms with Gasteiger partial charge in [0.15, 0.2) is 0 Å². The maximum absolute atomic E-state index is 13.0. The molecule has 0 aliphatic rings. The van der Waals surface area contributed by atoms with E-state index in [-0.39, 0.29) is 5.82 Å². The minimum atomic E-state index is -0.227. The molecule has 2 aromatic rings. The van der Waals surface area contributed by atoms with Crippen LogP contribution in [0.15, 0.2) is 36.5 Å². The van der Waals surface area contributed by atoms with E-state index in [0.29, 0.717) is 0 Å². The van der Waals surface area contributed by atoms with Crippen LogP contribution in [0.2, 0.25) is 0 Å². The molecule has 100 valence electrons. The highest BCUT2D eigenvalue weighted by Crippen LogP contribution is 2.24. The van der Waals surface area contributed by atoms with Gasteiger partial charge in [0.05, 0.1) is 5.69 Å². The van der Waals surface area contributed by atoms with Crippen molar-refractivity contribution in [1.29, 1.82) is 0 Å². The highest BCUT2D eigenvalue weighted by Gasteiger charge is 2.03. The quantitative estimate of drug-likeness (QED) is 0.766. The molecular weight excluding hydrogens is 356 g/mol. The largest absolute Gasteiger partial charge is 0.370 e. The molecule has 0 aliphatic carbocycles. The Kier molecular flexibility index (Phi) is 4.95. The van der Waals surface area contributed by atoms with Crippen molar-refractivity contribution in [1.82, 2.24) is 4.98 Å². The maximum Gasteiger partial charge on any atom is 0.127 e. The second-order valence-electron chi connectivity index (χ2n) is 4.11. The molecule has 0 amide bonds. The first-order valence-corrected chi connectivity index (χ1v) is 7.19. The van der Waals surface area contributed by atoms with Gasteiger partial charge in [-0.2, -0.15) is 0 Å². The molecule has 2 rings (SSSR count). The Labute approximate surface area is 125 Å². The number of anilines is 3. The number of nitrogens with zero attached hydrogens (tertiary/aromatic N) is 1. The average molecular weight is 371 g/mol. The summed E-state index contributed by atoms with van der Waals surface area (Å²) in [5.41, 5.74) is 1.81. The second-order valence-corrected chi connectivity index (χ2v) is 5.27. The Morgan fingerprint density at radius 2 is 2.11 bits per heavy atom. The van der Waals surface area contributed by atoms with E-state index in [0.717, 1.165) is 33.7 Å². The van der Waals surface area contributed by atoms with Crippen molar-refractivity contribution in [2.24, 2.45) is 0 Å². The number of nitrogens with one attached hydrogen (secondary N) is 2. The van der Waals surface area contributed by atoms with Crippen molar-refractivity contribution in [2.75, 3.05) is 17.2 Å². The van der Waals surface area contributed by atoms with Crippen molar-refractivity contribution in [3.63, 3.8) is 0 Å². The van der Waals surface area contributed by atoms with E-state index in [2.05, 4.69) is 45.1 Å². The van der Waals surface area contributed by atoms with Gasteiger partial charge in [0.25, 0.3) is 0 Å². The molecule has 19 heavy (non-hydrogen) atoms. The summed E-state index contributed by atoms with van der Waals surface area (Å²) < 4.78 is 13.9. The van der Waals surface area contributed by atoms with Crippen LogP contribution in [0.25, 0.3) is 0 Å². The van der Waals surface area contributed by atoms with E-state index in [1.807, 2.05) is 12.1 Å². The predicted molar refractivity (Wildman–Crippen MR) is 85.4 cm³/mol. The van der Waals surface area contributed by atoms with Crippen LogP contribution >= 0.6 is 22.6 Å². The standard InChI is InChI=1S/C14H15FIN3/c1-2-6-17-14-9-11(5-7-18-14)19-13-4-3-10(15)8-12(13)16/h3-5,7-9H,2,6H2,1H3,(H2,17,18,19). The van der Waals surface area contributed by atoms with E-state index in [4.69, 9.17) is 0 Å². The first-order chi connectivity index (χ1) is 9.19. The summed E-state index contributed by atoms with van der Waals surface area (Å²) in [6, 6.07) is 8.50. The van der Waals surface area contributed by atoms with Crippen LogP contribution < -0.4 is 10.6 Å². The highest BCUT2D eigenvalue weighted by molar-refractivity contribution is 14.1. The third-order valence-electron chi connectivity index (χ3n) is 2.53. The molecule has 1 aromatic carbocycles. The molecule has 0 saturated heterocycles. The van der Waals surface area contributed by atoms with Crippen LogP contribution in [0.5, 0.6) is 0 Å². The lowest BCUT2D eigenvalue weighted by molar-refractivity contribution is 0.627. The number of aromatic nitrogens is 1. The average Bonchev–Trinajstić information content (AvgIpc) is 2.40. The van der Waals surface area contributed by atoms with Crippen LogP contribution in [-0.4, -0.2) is 11.5 Å².